The first-order valence-electron chi connectivity index (χ1n) is 15.1. The number of pyridine rings is 1. The second-order valence-corrected chi connectivity index (χ2v) is 13.2. The third kappa shape index (κ3) is 5.34. The molecule has 0 amide bonds. The second-order valence-electron chi connectivity index (χ2n) is 13.2. The summed E-state index contributed by atoms with van der Waals surface area (Å²) in [6.07, 6.45) is 0.205. The maximum Gasteiger partial charge on any atom is 0.308 e. The first-order valence-corrected chi connectivity index (χ1v) is 15.1. The van der Waals surface area contributed by atoms with Crippen molar-refractivity contribution in [2.75, 3.05) is 14.1 Å². The standard InChI is InChI=1S/C31H48N2O7/c1-9-24-18(5)29-31(6,40-29)25-12-19-15(2)10-20(21(19)14-32-25)28(17(4)23(34)13-26(35)38-24)39-30-27(36)22(33(7)8)11-16(3)37-30/h12,14-18,20,22-24,27-30,34,36H,9-11,13H2,1-8H3/t15-,16+,17-,18-,20+,22+,23-,24-,27-,28+,29+,30+,31-/m1/s1. The molecule has 0 unspecified atom stereocenters. The van der Waals surface area contributed by atoms with Crippen LogP contribution < -0.4 is 0 Å². The molecule has 2 fully saturated rings. The van der Waals surface area contributed by atoms with Gasteiger partial charge < -0.3 is 34.1 Å². The summed E-state index contributed by atoms with van der Waals surface area (Å²) in [6.45, 7) is 12.2. The number of hydrogen-bond acceptors (Lipinski definition) is 9. The number of rotatable bonds is 4. The van der Waals surface area contributed by atoms with Crippen molar-refractivity contribution in [1.82, 2.24) is 9.88 Å². The molecule has 6 rings (SSSR count). The van der Waals surface area contributed by atoms with Crippen molar-refractivity contribution in [1.29, 1.82) is 0 Å². The average molecular weight is 561 g/mol. The molecule has 2 saturated heterocycles. The van der Waals surface area contributed by atoms with Gasteiger partial charge in [-0.1, -0.05) is 27.7 Å². The van der Waals surface area contributed by atoms with Gasteiger partial charge in [0.1, 0.15) is 17.8 Å². The zero-order chi connectivity index (χ0) is 29.1. The molecule has 1 aliphatic carbocycles. The Balaban J connectivity index is 1.53. The Morgan fingerprint density at radius 1 is 1.12 bits per heavy atom. The molecule has 1 aromatic heterocycles. The van der Waals surface area contributed by atoms with Gasteiger partial charge in [-0.15, -0.1) is 0 Å². The molecule has 4 aliphatic heterocycles. The van der Waals surface area contributed by atoms with Gasteiger partial charge in [0.15, 0.2) is 6.29 Å². The molecular formula is C31H48N2O7. The van der Waals surface area contributed by atoms with Crippen LogP contribution in [0, 0.1) is 11.8 Å². The van der Waals surface area contributed by atoms with Crippen molar-refractivity contribution in [3.63, 3.8) is 0 Å². The number of aliphatic hydroxyl groups is 2. The van der Waals surface area contributed by atoms with E-state index >= 15 is 0 Å². The van der Waals surface area contributed by atoms with E-state index in [1.165, 1.54) is 5.56 Å². The highest BCUT2D eigenvalue weighted by Gasteiger charge is 2.59. The van der Waals surface area contributed by atoms with Gasteiger partial charge in [-0.3, -0.25) is 9.78 Å². The minimum absolute atomic E-state index is 0.0217. The van der Waals surface area contributed by atoms with Crippen LogP contribution in [0.4, 0.5) is 0 Å². The summed E-state index contributed by atoms with van der Waals surface area (Å²) < 4.78 is 25.0. The van der Waals surface area contributed by atoms with E-state index < -0.39 is 42.1 Å². The number of hydrogen-bond donors (Lipinski definition) is 2. The highest BCUT2D eigenvalue weighted by atomic mass is 16.7. The van der Waals surface area contributed by atoms with Gasteiger partial charge in [0.2, 0.25) is 0 Å². The molecule has 5 aliphatic rings. The summed E-state index contributed by atoms with van der Waals surface area (Å²) in [6, 6.07) is 2.05. The van der Waals surface area contributed by atoms with Crippen LogP contribution in [0.2, 0.25) is 0 Å². The van der Waals surface area contributed by atoms with Crippen molar-refractivity contribution in [2.45, 2.75) is 134 Å². The Morgan fingerprint density at radius 3 is 2.52 bits per heavy atom. The lowest BCUT2D eigenvalue weighted by atomic mass is 9.83. The highest BCUT2D eigenvalue weighted by Crippen LogP contribution is 2.53. The molecular weight excluding hydrogens is 512 g/mol. The van der Waals surface area contributed by atoms with Crippen LogP contribution >= 0.6 is 0 Å². The lowest BCUT2D eigenvalue weighted by Gasteiger charge is -2.44. The maximum atomic E-state index is 13.1. The fourth-order valence-corrected chi connectivity index (χ4v) is 7.43. The van der Waals surface area contributed by atoms with Gasteiger partial charge in [-0.2, -0.15) is 0 Å². The number of carbonyl (C=O) groups excluding carboxylic acids is 1. The zero-order valence-electron chi connectivity index (χ0n) is 25.2. The highest BCUT2D eigenvalue weighted by molar-refractivity contribution is 5.70. The van der Waals surface area contributed by atoms with Crippen LogP contribution in [0.3, 0.4) is 0 Å². The minimum atomic E-state index is -0.993. The van der Waals surface area contributed by atoms with E-state index in [1.807, 2.05) is 46.0 Å². The van der Waals surface area contributed by atoms with Gasteiger partial charge in [-0.05, 0) is 70.3 Å². The van der Waals surface area contributed by atoms with Crippen LogP contribution in [0.1, 0.15) is 95.9 Å². The number of epoxide rings is 1. The number of ether oxygens (including phenoxy) is 4. The summed E-state index contributed by atoms with van der Waals surface area (Å²) >= 11 is 0. The molecule has 4 bridgehead atoms. The first kappa shape index (κ1) is 29.9. The Morgan fingerprint density at radius 2 is 1.85 bits per heavy atom. The van der Waals surface area contributed by atoms with Crippen molar-refractivity contribution < 1.29 is 34.0 Å². The molecule has 9 nitrogen and oxygen atoms in total. The molecule has 9 heteroatoms. The fraction of sp³-hybridized carbons (Fsp3) is 0.806. The predicted molar refractivity (Wildman–Crippen MR) is 149 cm³/mol. The molecule has 1 aromatic rings. The lowest BCUT2D eigenvalue weighted by Crippen LogP contribution is -2.56. The maximum absolute atomic E-state index is 13.1. The number of aliphatic hydroxyl groups excluding tert-OH is 2. The number of esters is 1. The molecule has 0 spiro atoms. The molecule has 224 valence electrons. The van der Waals surface area contributed by atoms with Crippen molar-refractivity contribution >= 4 is 5.97 Å². The van der Waals surface area contributed by atoms with Gasteiger partial charge in [-0.25, -0.2) is 0 Å². The first-order chi connectivity index (χ1) is 18.8. The van der Waals surface area contributed by atoms with E-state index in [9.17, 15) is 15.0 Å². The summed E-state index contributed by atoms with van der Waals surface area (Å²) in [4.78, 5) is 20.0. The molecule has 13 atom stereocenters. The van der Waals surface area contributed by atoms with Crippen LogP contribution in [0.15, 0.2) is 12.3 Å². The number of nitrogens with zero attached hydrogens (tertiary/aromatic N) is 2. The minimum Gasteiger partial charge on any atom is -0.462 e. The van der Waals surface area contributed by atoms with E-state index in [-0.39, 0.29) is 48.5 Å². The Labute approximate surface area is 238 Å². The Hall–Kier alpha value is -1.62. The third-order valence-electron chi connectivity index (χ3n) is 10.1. The van der Waals surface area contributed by atoms with E-state index in [0.29, 0.717) is 12.8 Å². The largest absolute Gasteiger partial charge is 0.462 e. The van der Waals surface area contributed by atoms with Crippen LogP contribution in [-0.2, 0) is 29.3 Å². The monoisotopic (exact) mass is 560 g/mol. The zero-order valence-corrected chi connectivity index (χ0v) is 25.2. The van der Waals surface area contributed by atoms with E-state index in [2.05, 4.69) is 26.8 Å². The number of carbonyl (C=O) groups is 1. The second kappa shape index (κ2) is 11.2. The normalized spacial score (nSPS) is 45.5. The molecule has 5 heterocycles. The van der Waals surface area contributed by atoms with Crippen LogP contribution in [0.25, 0.3) is 0 Å². The summed E-state index contributed by atoms with van der Waals surface area (Å²) in [7, 11) is 3.89. The van der Waals surface area contributed by atoms with Gasteiger partial charge >= 0.3 is 5.97 Å². The molecule has 0 saturated carbocycles. The number of likely N-dealkylation sites (N-methyl/N-ethyl adjacent to an activating group) is 1. The predicted octanol–water partition coefficient (Wildman–Crippen LogP) is 3.46. The lowest BCUT2D eigenvalue weighted by molar-refractivity contribution is -0.278. The quantitative estimate of drug-likeness (QED) is 0.422. The van der Waals surface area contributed by atoms with Gasteiger partial charge in [0.25, 0.3) is 0 Å². The fourth-order valence-electron chi connectivity index (χ4n) is 7.43. The smallest absolute Gasteiger partial charge is 0.308 e. The van der Waals surface area contributed by atoms with Crippen LogP contribution in [-0.4, -0.2) is 89.1 Å². The molecule has 0 aromatic carbocycles. The SMILES string of the molecule is CC[C@H]1OC(=O)C[C@@H](O)[C@@H](C)[C@H](O[C@@H]2O[C@@H](C)C[C@H](N(C)C)[C@H]2O)[C@H]2C[C@@H](C)c3cc(ncc32)[C@@]2(C)O[C@H]2[C@@H]1C. The Bertz CT molecular complexity index is 1080. The third-order valence-corrected chi connectivity index (χ3v) is 10.1. The van der Waals surface area contributed by atoms with E-state index in [4.69, 9.17) is 23.9 Å². The van der Waals surface area contributed by atoms with E-state index in [1.54, 1.807) is 0 Å². The van der Waals surface area contributed by atoms with Crippen molar-refractivity contribution in [3.05, 3.63) is 29.1 Å². The molecule has 2 N–H and O–H groups in total. The van der Waals surface area contributed by atoms with Crippen molar-refractivity contribution in [3.8, 4) is 0 Å². The number of fused-ring (bicyclic) bond motifs is 8. The number of aromatic nitrogens is 1. The average Bonchev–Trinajstić information content (AvgIpc) is 3.50. The summed E-state index contributed by atoms with van der Waals surface area (Å²) in [5.74, 6) is -0.719. The van der Waals surface area contributed by atoms with Crippen LogP contribution in [0.5, 0.6) is 0 Å². The van der Waals surface area contributed by atoms with Gasteiger partial charge in [0.05, 0.1) is 36.5 Å². The molecule has 0 radical (unpaired) electrons. The van der Waals surface area contributed by atoms with Gasteiger partial charge in [0, 0.05) is 30.0 Å². The molecule has 40 heavy (non-hydrogen) atoms. The summed E-state index contributed by atoms with van der Waals surface area (Å²) in [5.41, 5.74) is 2.66. The summed E-state index contributed by atoms with van der Waals surface area (Å²) in [5, 5.41) is 22.6. The topological polar surface area (TPSA) is 114 Å². The van der Waals surface area contributed by atoms with E-state index in [0.717, 1.165) is 17.7 Å². The van der Waals surface area contributed by atoms with Crippen molar-refractivity contribution in [2.24, 2.45) is 11.8 Å². The Kier molecular flexibility index (Phi) is 8.38.